The molecule has 0 saturated heterocycles. The van der Waals surface area contributed by atoms with Crippen molar-refractivity contribution in [2.45, 2.75) is 0 Å². The molecule has 1 heterocycles. The molecule has 7 heteroatoms. The number of benzene rings is 2. The van der Waals surface area contributed by atoms with E-state index in [0.29, 0.717) is 22.2 Å². The van der Waals surface area contributed by atoms with Crippen molar-refractivity contribution in [2.24, 2.45) is 10.2 Å². The zero-order valence-electron chi connectivity index (χ0n) is 12.2. The van der Waals surface area contributed by atoms with Crippen molar-refractivity contribution in [1.82, 2.24) is 10.2 Å². The molecule has 2 N–H and O–H groups in total. The normalized spacial score (nSPS) is 11.0. The third-order valence-electron chi connectivity index (χ3n) is 3.20. The van der Waals surface area contributed by atoms with Crippen LogP contribution in [0.5, 0.6) is 5.75 Å². The molecule has 2 aromatic carbocycles. The number of methoxy groups -OCH3 is 1. The minimum atomic E-state index is -0.346. The molecule has 1 aromatic heterocycles. The van der Waals surface area contributed by atoms with Gasteiger partial charge in [0, 0.05) is 16.7 Å². The van der Waals surface area contributed by atoms with Crippen molar-refractivity contribution >= 4 is 23.0 Å². The number of azo groups is 1. The fraction of sp³-hybridized carbons (Fsp3) is 0.0625. The molecule has 0 fully saturated rings. The second-order valence-corrected chi connectivity index (χ2v) is 5.15. The van der Waals surface area contributed by atoms with Crippen molar-refractivity contribution in [2.75, 3.05) is 7.11 Å². The highest BCUT2D eigenvalue weighted by molar-refractivity contribution is 6.30. The molecule has 0 amide bonds. The van der Waals surface area contributed by atoms with Crippen LogP contribution in [0.15, 0.2) is 63.6 Å². The molecular weight excluding hydrogens is 316 g/mol. The Morgan fingerprint density at radius 2 is 1.83 bits per heavy atom. The van der Waals surface area contributed by atoms with Gasteiger partial charge in [0.05, 0.1) is 18.5 Å². The summed E-state index contributed by atoms with van der Waals surface area (Å²) in [6.45, 7) is 0. The fourth-order valence-corrected chi connectivity index (χ4v) is 2.18. The van der Waals surface area contributed by atoms with Gasteiger partial charge in [0.15, 0.2) is 5.69 Å². The highest BCUT2D eigenvalue weighted by atomic mass is 35.5. The van der Waals surface area contributed by atoms with E-state index in [0.717, 1.165) is 5.56 Å². The van der Waals surface area contributed by atoms with E-state index in [-0.39, 0.29) is 11.2 Å². The summed E-state index contributed by atoms with van der Waals surface area (Å²) in [5, 5.41) is 14.1. The molecule has 6 nitrogen and oxygen atoms in total. The summed E-state index contributed by atoms with van der Waals surface area (Å²) in [6, 6.07) is 14.2. The molecular formula is C16H13ClN4O2. The summed E-state index contributed by atoms with van der Waals surface area (Å²) in [4.78, 5) is 11.9. The van der Waals surface area contributed by atoms with Crippen LogP contribution in [0.4, 0.5) is 11.4 Å². The summed E-state index contributed by atoms with van der Waals surface area (Å²) in [6.07, 6.45) is 0. The lowest BCUT2D eigenvalue weighted by molar-refractivity contribution is 0.415. The van der Waals surface area contributed by atoms with E-state index in [1.54, 1.807) is 55.6 Å². The Morgan fingerprint density at radius 1 is 1.04 bits per heavy atom. The molecule has 3 rings (SSSR count). The fourth-order valence-electron chi connectivity index (χ4n) is 2.05. The summed E-state index contributed by atoms with van der Waals surface area (Å²) in [7, 11) is 1.58. The van der Waals surface area contributed by atoms with Crippen molar-refractivity contribution in [1.29, 1.82) is 0 Å². The highest BCUT2D eigenvalue weighted by Crippen LogP contribution is 2.28. The van der Waals surface area contributed by atoms with Crippen LogP contribution in [0.1, 0.15) is 0 Å². The van der Waals surface area contributed by atoms with Gasteiger partial charge < -0.3 is 4.74 Å². The molecule has 0 aliphatic heterocycles. The van der Waals surface area contributed by atoms with Gasteiger partial charge in [-0.3, -0.25) is 15.0 Å². The molecule has 23 heavy (non-hydrogen) atoms. The minimum Gasteiger partial charge on any atom is -0.497 e. The number of nitrogens with one attached hydrogen (secondary N) is 2. The summed E-state index contributed by atoms with van der Waals surface area (Å²) in [5.74, 6) is 0.669. The maximum Gasteiger partial charge on any atom is 0.292 e. The van der Waals surface area contributed by atoms with E-state index in [2.05, 4.69) is 20.4 Å². The number of ether oxygens (including phenoxy) is 1. The van der Waals surface area contributed by atoms with Gasteiger partial charge in [-0.2, -0.15) is 5.11 Å². The number of aromatic amines is 2. The van der Waals surface area contributed by atoms with E-state index in [9.17, 15) is 4.79 Å². The molecule has 116 valence electrons. The Bertz CT molecular complexity index is 897. The number of aromatic nitrogens is 2. The Labute approximate surface area is 136 Å². The van der Waals surface area contributed by atoms with Crippen LogP contribution in [0.2, 0.25) is 5.02 Å². The van der Waals surface area contributed by atoms with Gasteiger partial charge in [0.2, 0.25) is 0 Å². The monoisotopic (exact) mass is 328 g/mol. The lowest BCUT2D eigenvalue weighted by atomic mass is 10.1. The maximum atomic E-state index is 11.9. The smallest absolute Gasteiger partial charge is 0.292 e. The van der Waals surface area contributed by atoms with Gasteiger partial charge in [0.25, 0.3) is 5.56 Å². The molecule has 0 saturated carbocycles. The standard InChI is InChI=1S/C16H13ClN4O2/c1-23-13-4-2-3-12(9-13)18-20-15-14(19-21-16(15)22)10-5-7-11(17)8-6-10/h2-9H,1H3,(H2,19,21,22). The number of rotatable bonds is 4. The molecule has 0 unspecified atom stereocenters. The lowest BCUT2D eigenvalue weighted by Gasteiger charge is -2.00. The van der Waals surface area contributed by atoms with Crippen LogP contribution in [-0.4, -0.2) is 17.3 Å². The zero-order valence-corrected chi connectivity index (χ0v) is 13.0. The quantitative estimate of drug-likeness (QED) is 0.694. The van der Waals surface area contributed by atoms with E-state index >= 15 is 0 Å². The van der Waals surface area contributed by atoms with Crippen LogP contribution in [0.3, 0.4) is 0 Å². The number of hydrogen-bond donors (Lipinski definition) is 2. The highest BCUT2D eigenvalue weighted by Gasteiger charge is 2.11. The third kappa shape index (κ3) is 3.32. The zero-order chi connectivity index (χ0) is 16.2. The topological polar surface area (TPSA) is 82.6 Å². The summed E-state index contributed by atoms with van der Waals surface area (Å²) in [5.41, 5.74) is 1.79. The first-order chi connectivity index (χ1) is 11.2. The number of H-pyrrole nitrogens is 2. The van der Waals surface area contributed by atoms with Gasteiger partial charge in [0.1, 0.15) is 5.75 Å². The second kappa shape index (κ2) is 6.50. The van der Waals surface area contributed by atoms with Crippen LogP contribution >= 0.6 is 11.6 Å². The minimum absolute atomic E-state index is 0.204. The molecule has 3 aromatic rings. The molecule has 0 spiro atoms. The van der Waals surface area contributed by atoms with Crippen LogP contribution < -0.4 is 10.3 Å². The van der Waals surface area contributed by atoms with Gasteiger partial charge in [-0.05, 0) is 24.3 Å². The molecule has 0 aliphatic rings. The van der Waals surface area contributed by atoms with E-state index in [1.807, 2.05) is 0 Å². The Hall–Kier alpha value is -2.86. The second-order valence-electron chi connectivity index (χ2n) is 4.71. The number of halogens is 1. The Morgan fingerprint density at radius 3 is 2.57 bits per heavy atom. The molecule has 0 aliphatic carbocycles. The van der Waals surface area contributed by atoms with Gasteiger partial charge >= 0.3 is 0 Å². The number of nitrogens with zero attached hydrogens (tertiary/aromatic N) is 2. The molecule has 0 bridgehead atoms. The van der Waals surface area contributed by atoms with Crippen molar-refractivity contribution in [3.63, 3.8) is 0 Å². The van der Waals surface area contributed by atoms with E-state index < -0.39 is 0 Å². The maximum absolute atomic E-state index is 11.9. The number of hydrogen-bond acceptors (Lipinski definition) is 4. The van der Waals surface area contributed by atoms with Gasteiger partial charge in [-0.1, -0.05) is 29.8 Å². The Kier molecular flexibility index (Phi) is 4.25. The Balaban J connectivity index is 1.97. The SMILES string of the molecule is COc1cccc(N=Nc2c(-c3ccc(Cl)cc3)[nH][nH]c2=O)c1. The van der Waals surface area contributed by atoms with Crippen molar-refractivity contribution in [3.05, 3.63) is 63.9 Å². The molecule has 0 atom stereocenters. The van der Waals surface area contributed by atoms with Crippen molar-refractivity contribution < 1.29 is 4.74 Å². The van der Waals surface area contributed by atoms with Crippen LogP contribution in [-0.2, 0) is 0 Å². The van der Waals surface area contributed by atoms with Gasteiger partial charge in [-0.25, -0.2) is 0 Å². The van der Waals surface area contributed by atoms with Gasteiger partial charge in [-0.15, -0.1) is 5.11 Å². The van der Waals surface area contributed by atoms with Crippen LogP contribution in [0.25, 0.3) is 11.3 Å². The summed E-state index contributed by atoms with van der Waals surface area (Å²) < 4.78 is 5.13. The first kappa shape index (κ1) is 15.1. The first-order valence-corrected chi connectivity index (χ1v) is 7.17. The summed E-state index contributed by atoms with van der Waals surface area (Å²) >= 11 is 5.88. The predicted octanol–water partition coefficient (Wildman–Crippen LogP) is 4.45. The van der Waals surface area contributed by atoms with E-state index in [1.165, 1.54) is 0 Å². The lowest BCUT2D eigenvalue weighted by Crippen LogP contribution is -1.96. The molecule has 0 radical (unpaired) electrons. The first-order valence-electron chi connectivity index (χ1n) is 6.80. The van der Waals surface area contributed by atoms with E-state index in [4.69, 9.17) is 16.3 Å². The average Bonchev–Trinajstić information content (AvgIpc) is 2.94. The third-order valence-corrected chi connectivity index (χ3v) is 3.46. The van der Waals surface area contributed by atoms with Crippen LogP contribution in [0, 0.1) is 0 Å². The predicted molar refractivity (Wildman–Crippen MR) is 89.0 cm³/mol. The largest absolute Gasteiger partial charge is 0.497 e. The van der Waals surface area contributed by atoms with Crippen molar-refractivity contribution in [3.8, 4) is 17.0 Å². The average molecular weight is 329 g/mol.